The number of fused-ring (bicyclic) bond motifs is 1. The van der Waals surface area contributed by atoms with Crippen molar-refractivity contribution >= 4 is 11.6 Å². The number of hydrogen-bond donors (Lipinski definition) is 1. The van der Waals surface area contributed by atoms with Gasteiger partial charge < -0.3 is 10.6 Å². The summed E-state index contributed by atoms with van der Waals surface area (Å²) in [7, 11) is 0. The summed E-state index contributed by atoms with van der Waals surface area (Å²) in [5, 5.41) is 0. The Hall–Kier alpha value is -1.35. The van der Waals surface area contributed by atoms with Gasteiger partial charge in [0.05, 0.1) is 5.92 Å². The summed E-state index contributed by atoms with van der Waals surface area (Å²) in [6, 6.07) is 8.62. The van der Waals surface area contributed by atoms with E-state index in [4.69, 9.17) is 5.73 Å². The molecule has 2 aliphatic rings. The topological polar surface area (TPSA) is 46.3 Å². The minimum Gasteiger partial charge on any atom is -0.327 e. The van der Waals surface area contributed by atoms with Crippen LogP contribution in [0.1, 0.15) is 38.2 Å². The first-order valence-electron chi connectivity index (χ1n) is 7.35. The molecule has 102 valence electrons. The fourth-order valence-corrected chi connectivity index (χ4v) is 3.50. The molecule has 3 nitrogen and oxygen atoms in total. The molecular weight excluding hydrogens is 236 g/mol. The number of carbonyl (C=O) groups is 1. The van der Waals surface area contributed by atoms with Crippen LogP contribution in [0.2, 0.25) is 0 Å². The van der Waals surface area contributed by atoms with Crippen LogP contribution < -0.4 is 10.6 Å². The molecule has 3 heteroatoms. The molecule has 0 spiro atoms. The number of rotatable bonds is 1. The number of carbonyl (C=O) groups excluding carboxylic acids is 1. The molecular formula is C16H22N2O. The maximum absolute atomic E-state index is 12.8. The van der Waals surface area contributed by atoms with Gasteiger partial charge in [0.1, 0.15) is 0 Å². The highest BCUT2D eigenvalue weighted by molar-refractivity contribution is 5.97. The van der Waals surface area contributed by atoms with E-state index in [2.05, 4.69) is 25.1 Å². The Bertz CT molecular complexity index is 485. The van der Waals surface area contributed by atoms with E-state index in [1.807, 2.05) is 11.0 Å². The van der Waals surface area contributed by atoms with Gasteiger partial charge in [-0.25, -0.2) is 0 Å². The van der Waals surface area contributed by atoms with Gasteiger partial charge in [-0.15, -0.1) is 0 Å². The molecule has 1 aliphatic carbocycles. The van der Waals surface area contributed by atoms with E-state index in [1.54, 1.807) is 0 Å². The summed E-state index contributed by atoms with van der Waals surface area (Å²) < 4.78 is 0. The van der Waals surface area contributed by atoms with Crippen LogP contribution in [0, 0.1) is 5.92 Å². The average molecular weight is 258 g/mol. The van der Waals surface area contributed by atoms with Crippen molar-refractivity contribution in [3.8, 4) is 0 Å². The van der Waals surface area contributed by atoms with Crippen molar-refractivity contribution in [2.24, 2.45) is 11.7 Å². The summed E-state index contributed by atoms with van der Waals surface area (Å²) in [5.41, 5.74) is 8.50. The molecule has 3 unspecified atom stereocenters. The van der Waals surface area contributed by atoms with Crippen molar-refractivity contribution < 1.29 is 4.79 Å². The van der Waals surface area contributed by atoms with Crippen LogP contribution in [0.3, 0.4) is 0 Å². The Balaban J connectivity index is 1.93. The third-order valence-electron chi connectivity index (χ3n) is 4.65. The van der Waals surface area contributed by atoms with Gasteiger partial charge in [0, 0.05) is 17.8 Å². The van der Waals surface area contributed by atoms with Crippen LogP contribution >= 0.6 is 0 Å². The van der Waals surface area contributed by atoms with Gasteiger partial charge in [-0.2, -0.15) is 0 Å². The summed E-state index contributed by atoms with van der Waals surface area (Å²) in [6.45, 7) is 2.15. The maximum atomic E-state index is 12.8. The molecule has 1 saturated carbocycles. The third kappa shape index (κ3) is 2.16. The van der Waals surface area contributed by atoms with Gasteiger partial charge in [0.25, 0.3) is 0 Å². The molecule has 1 aliphatic heterocycles. The predicted octanol–water partition coefficient (Wildman–Crippen LogP) is 2.48. The van der Waals surface area contributed by atoms with E-state index in [9.17, 15) is 4.79 Å². The zero-order valence-electron chi connectivity index (χ0n) is 11.5. The first-order valence-corrected chi connectivity index (χ1v) is 7.35. The lowest BCUT2D eigenvalue weighted by atomic mass is 9.93. The van der Waals surface area contributed by atoms with Crippen molar-refractivity contribution in [3.63, 3.8) is 0 Å². The lowest BCUT2D eigenvalue weighted by Crippen LogP contribution is -2.48. The fraction of sp³-hybridized carbons (Fsp3) is 0.562. The molecule has 2 N–H and O–H groups in total. The average Bonchev–Trinajstić information content (AvgIpc) is 2.84. The largest absolute Gasteiger partial charge is 0.327 e. The molecule has 0 aromatic heterocycles. The lowest BCUT2D eigenvalue weighted by molar-refractivity contribution is -0.123. The summed E-state index contributed by atoms with van der Waals surface area (Å²) >= 11 is 0. The van der Waals surface area contributed by atoms with E-state index in [1.165, 1.54) is 5.56 Å². The Labute approximate surface area is 114 Å². The van der Waals surface area contributed by atoms with Crippen LogP contribution in [-0.2, 0) is 11.2 Å². The zero-order chi connectivity index (χ0) is 13.4. The molecule has 3 atom stereocenters. The highest BCUT2D eigenvalue weighted by atomic mass is 16.2. The van der Waals surface area contributed by atoms with Crippen LogP contribution in [0.5, 0.6) is 0 Å². The van der Waals surface area contributed by atoms with E-state index >= 15 is 0 Å². The molecule has 0 bridgehead atoms. The SMILES string of the molecule is CC1CCc2ccccc2N1C(=O)C1CCCC1N. The number of nitrogens with zero attached hydrogens (tertiary/aromatic N) is 1. The van der Waals surface area contributed by atoms with Crippen LogP contribution in [0.4, 0.5) is 5.69 Å². The number of aryl methyl sites for hydroxylation is 1. The number of nitrogens with two attached hydrogens (primary N) is 1. The molecule has 1 aromatic rings. The van der Waals surface area contributed by atoms with Crippen molar-refractivity contribution in [1.29, 1.82) is 0 Å². The first kappa shape index (κ1) is 12.7. The molecule has 19 heavy (non-hydrogen) atoms. The van der Waals surface area contributed by atoms with Gasteiger partial charge in [0.15, 0.2) is 0 Å². The standard InChI is InChI=1S/C16H22N2O/c1-11-9-10-12-5-2-3-8-15(12)18(11)16(19)13-6-4-7-14(13)17/h2-3,5,8,11,13-14H,4,6-7,9-10,17H2,1H3. The summed E-state index contributed by atoms with van der Waals surface area (Å²) in [4.78, 5) is 14.8. The maximum Gasteiger partial charge on any atom is 0.231 e. The number of amides is 1. The highest BCUT2D eigenvalue weighted by Gasteiger charge is 2.37. The summed E-state index contributed by atoms with van der Waals surface area (Å²) in [5.74, 6) is 0.262. The van der Waals surface area contributed by atoms with E-state index < -0.39 is 0 Å². The second-order valence-electron chi connectivity index (χ2n) is 5.93. The molecule has 1 aromatic carbocycles. The van der Waals surface area contributed by atoms with Crippen LogP contribution in [0.25, 0.3) is 0 Å². The predicted molar refractivity (Wildman–Crippen MR) is 77.0 cm³/mol. The zero-order valence-corrected chi connectivity index (χ0v) is 11.5. The van der Waals surface area contributed by atoms with Gasteiger partial charge in [0.2, 0.25) is 5.91 Å². The second kappa shape index (κ2) is 4.97. The minimum absolute atomic E-state index is 0.0219. The van der Waals surface area contributed by atoms with Crippen molar-refractivity contribution in [1.82, 2.24) is 0 Å². The van der Waals surface area contributed by atoms with Crippen molar-refractivity contribution in [2.45, 2.75) is 51.1 Å². The third-order valence-corrected chi connectivity index (χ3v) is 4.65. The van der Waals surface area contributed by atoms with Gasteiger partial charge in [-0.05, 0) is 44.2 Å². The minimum atomic E-state index is 0.0219. The van der Waals surface area contributed by atoms with Crippen molar-refractivity contribution in [3.05, 3.63) is 29.8 Å². The smallest absolute Gasteiger partial charge is 0.231 e. The number of para-hydroxylation sites is 1. The molecule has 1 amide bonds. The number of anilines is 1. The van der Waals surface area contributed by atoms with E-state index in [-0.39, 0.29) is 23.9 Å². The van der Waals surface area contributed by atoms with E-state index in [0.717, 1.165) is 37.8 Å². The molecule has 3 rings (SSSR count). The van der Waals surface area contributed by atoms with Gasteiger partial charge in [-0.1, -0.05) is 24.6 Å². The van der Waals surface area contributed by atoms with Crippen LogP contribution in [0.15, 0.2) is 24.3 Å². The van der Waals surface area contributed by atoms with Crippen LogP contribution in [-0.4, -0.2) is 18.0 Å². The van der Waals surface area contributed by atoms with Gasteiger partial charge >= 0.3 is 0 Å². The summed E-state index contributed by atoms with van der Waals surface area (Å²) in [6.07, 6.45) is 5.13. The number of hydrogen-bond acceptors (Lipinski definition) is 2. The molecule has 1 heterocycles. The number of benzene rings is 1. The second-order valence-corrected chi connectivity index (χ2v) is 5.93. The van der Waals surface area contributed by atoms with Gasteiger partial charge in [-0.3, -0.25) is 4.79 Å². The first-order chi connectivity index (χ1) is 9.18. The quantitative estimate of drug-likeness (QED) is 0.841. The Morgan fingerprint density at radius 2 is 2.05 bits per heavy atom. The molecule has 1 fully saturated rings. The lowest BCUT2D eigenvalue weighted by Gasteiger charge is -2.37. The fourth-order valence-electron chi connectivity index (χ4n) is 3.50. The Kier molecular flexibility index (Phi) is 3.31. The Morgan fingerprint density at radius 3 is 2.79 bits per heavy atom. The monoisotopic (exact) mass is 258 g/mol. The highest BCUT2D eigenvalue weighted by Crippen LogP contribution is 2.34. The van der Waals surface area contributed by atoms with Crippen molar-refractivity contribution in [2.75, 3.05) is 4.90 Å². The van der Waals surface area contributed by atoms with E-state index in [0.29, 0.717) is 0 Å². The molecule has 0 saturated heterocycles. The normalized spacial score (nSPS) is 30.2. The Morgan fingerprint density at radius 1 is 1.26 bits per heavy atom. The molecule has 0 radical (unpaired) electrons.